The molecule has 1 amide bonds. The molecule has 3 N–H and O–H groups in total. The maximum Gasteiger partial charge on any atom is 0.255 e. The predicted octanol–water partition coefficient (Wildman–Crippen LogP) is -0.325. The number of anilines is 1. The molecule has 0 fully saturated rings. The summed E-state index contributed by atoms with van der Waals surface area (Å²) in [4.78, 5) is 11.4. The molecule has 1 heterocycles. The number of amides is 1. The molecule has 0 spiro atoms. The molecule has 0 aliphatic carbocycles. The third-order valence-corrected chi connectivity index (χ3v) is 2.08. The first kappa shape index (κ1) is 11.5. The smallest absolute Gasteiger partial charge is 0.255 e. The molecule has 0 aromatic carbocycles. The molecule has 0 atom stereocenters. The van der Waals surface area contributed by atoms with Crippen LogP contribution in [0.1, 0.15) is 11.4 Å². The van der Waals surface area contributed by atoms with Crippen LogP contribution in [0.5, 0.6) is 0 Å². The normalized spacial score (nSPS) is 10.7. The number of nitrogens with one attached hydrogen (secondary N) is 1. The average molecular weight is 211 g/mol. The molecule has 1 aromatic heterocycles. The van der Waals surface area contributed by atoms with Crippen LogP contribution in [0.2, 0.25) is 0 Å². The number of aromatic nitrogens is 2. The zero-order valence-corrected chi connectivity index (χ0v) is 9.53. The molecule has 6 nitrogen and oxygen atoms in total. The van der Waals surface area contributed by atoms with E-state index in [1.54, 1.807) is 23.8 Å². The number of hydrazine groups is 1. The van der Waals surface area contributed by atoms with Crippen LogP contribution in [0.25, 0.3) is 0 Å². The van der Waals surface area contributed by atoms with Crippen molar-refractivity contribution in [3.63, 3.8) is 0 Å². The number of rotatable bonds is 3. The second-order valence-corrected chi connectivity index (χ2v) is 3.67. The first-order chi connectivity index (χ1) is 6.91. The largest absolute Gasteiger partial charge is 0.396 e. The van der Waals surface area contributed by atoms with E-state index in [0.29, 0.717) is 5.69 Å². The minimum absolute atomic E-state index is 0.120. The Balaban J connectivity index is 2.73. The van der Waals surface area contributed by atoms with Gasteiger partial charge in [0.15, 0.2) is 0 Å². The highest BCUT2D eigenvalue weighted by atomic mass is 16.2. The van der Waals surface area contributed by atoms with Crippen LogP contribution in [0.4, 0.5) is 5.69 Å². The first-order valence-corrected chi connectivity index (χ1v) is 4.68. The van der Waals surface area contributed by atoms with Gasteiger partial charge in [0, 0.05) is 14.1 Å². The minimum atomic E-state index is -0.120. The number of nitrogen functional groups attached to an aromatic ring is 1. The zero-order chi connectivity index (χ0) is 11.6. The average Bonchev–Trinajstić information content (AvgIpc) is 2.32. The Morgan fingerprint density at radius 1 is 1.53 bits per heavy atom. The Hall–Kier alpha value is -1.56. The van der Waals surface area contributed by atoms with Gasteiger partial charge in [0.1, 0.15) is 6.54 Å². The Kier molecular flexibility index (Phi) is 3.31. The summed E-state index contributed by atoms with van der Waals surface area (Å²) in [6.07, 6.45) is 0. The van der Waals surface area contributed by atoms with Crippen molar-refractivity contribution < 1.29 is 4.79 Å². The van der Waals surface area contributed by atoms with Crippen LogP contribution in [0, 0.1) is 13.8 Å². The van der Waals surface area contributed by atoms with Crippen LogP contribution in [-0.2, 0) is 11.3 Å². The number of nitrogens with two attached hydrogens (primary N) is 1. The van der Waals surface area contributed by atoms with Gasteiger partial charge < -0.3 is 5.73 Å². The molecular weight excluding hydrogens is 194 g/mol. The molecule has 0 radical (unpaired) electrons. The molecule has 0 unspecified atom stereocenters. The number of nitrogens with zero attached hydrogens (tertiary/aromatic N) is 3. The highest BCUT2D eigenvalue weighted by molar-refractivity contribution is 5.75. The maximum atomic E-state index is 11.4. The Morgan fingerprint density at radius 3 is 2.53 bits per heavy atom. The van der Waals surface area contributed by atoms with E-state index in [1.807, 2.05) is 13.8 Å². The lowest BCUT2D eigenvalue weighted by Crippen LogP contribution is -2.38. The number of carbonyl (C=O) groups is 1. The van der Waals surface area contributed by atoms with Crippen molar-refractivity contribution in [2.45, 2.75) is 20.4 Å². The standard InChI is InChI=1S/C9H17N5O/c1-6-9(10)7(2)14(11-6)5-8(15)12-13(3)4/h5,10H2,1-4H3,(H,12,15). The maximum absolute atomic E-state index is 11.4. The third-order valence-electron chi connectivity index (χ3n) is 2.08. The minimum Gasteiger partial charge on any atom is -0.396 e. The van der Waals surface area contributed by atoms with Gasteiger partial charge in [-0.3, -0.25) is 14.9 Å². The van der Waals surface area contributed by atoms with Gasteiger partial charge in [-0.05, 0) is 13.8 Å². The van der Waals surface area contributed by atoms with Crippen molar-refractivity contribution in [2.24, 2.45) is 0 Å². The molecule has 0 aliphatic heterocycles. The summed E-state index contributed by atoms with van der Waals surface area (Å²) in [7, 11) is 3.51. The highest BCUT2D eigenvalue weighted by Gasteiger charge is 2.11. The molecule has 1 rings (SSSR count). The molecule has 0 saturated heterocycles. The molecule has 1 aromatic rings. The van der Waals surface area contributed by atoms with Gasteiger partial charge in [-0.15, -0.1) is 0 Å². The fraction of sp³-hybridized carbons (Fsp3) is 0.556. The van der Waals surface area contributed by atoms with E-state index >= 15 is 0 Å². The van der Waals surface area contributed by atoms with E-state index in [4.69, 9.17) is 5.73 Å². The van der Waals surface area contributed by atoms with Gasteiger partial charge in [-0.25, -0.2) is 5.01 Å². The van der Waals surface area contributed by atoms with Gasteiger partial charge in [-0.1, -0.05) is 0 Å². The van der Waals surface area contributed by atoms with E-state index in [2.05, 4.69) is 10.5 Å². The summed E-state index contributed by atoms with van der Waals surface area (Å²) in [5, 5.41) is 5.76. The van der Waals surface area contributed by atoms with Crippen molar-refractivity contribution in [1.29, 1.82) is 0 Å². The summed E-state index contributed by atoms with van der Waals surface area (Å²) < 4.78 is 1.60. The van der Waals surface area contributed by atoms with Crippen molar-refractivity contribution >= 4 is 11.6 Å². The van der Waals surface area contributed by atoms with Gasteiger partial charge >= 0.3 is 0 Å². The van der Waals surface area contributed by atoms with Gasteiger partial charge in [0.25, 0.3) is 5.91 Å². The van der Waals surface area contributed by atoms with Crippen molar-refractivity contribution in [3.8, 4) is 0 Å². The molecular formula is C9H17N5O. The lowest BCUT2D eigenvalue weighted by Gasteiger charge is -2.12. The van der Waals surface area contributed by atoms with E-state index in [1.165, 1.54) is 0 Å². The van der Waals surface area contributed by atoms with E-state index in [-0.39, 0.29) is 12.5 Å². The van der Waals surface area contributed by atoms with Crippen molar-refractivity contribution in [2.75, 3.05) is 19.8 Å². The van der Waals surface area contributed by atoms with Crippen LogP contribution in [-0.4, -0.2) is 34.8 Å². The van der Waals surface area contributed by atoms with Gasteiger partial charge in [0.2, 0.25) is 0 Å². The Morgan fingerprint density at radius 2 is 2.13 bits per heavy atom. The van der Waals surface area contributed by atoms with Crippen LogP contribution in [0.15, 0.2) is 0 Å². The SMILES string of the molecule is Cc1nn(CC(=O)NN(C)C)c(C)c1N. The van der Waals surface area contributed by atoms with E-state index in [9.17, 15) is 4.79 Å². The summed E-state index contributed by atoms with van der Waals surface area (Å²) in [6.45, 7) is 3.85. The Labute approximate surface area is 89.0 Å². The highest BCUT2D eigenvalue weighted by Crippen LogP contribution is 2.14. The van der Waals surface area contributed by atoms with Gasteiger partial charge in [-0.2, -0.15) is 5.10 Å². The number of hydrogen-bond donors (Lipinski definition) is 2. The second kappa shape index (κ2) is 4.31. The van der Waals surface area contributed by atoms with Gasteiger partial charge in [0.05, 0.1) is 17.1 Å². The summed E-state index contributed by atoms with van der Waals surface area (Å²) >= 11 is 0. The molecule has 15 heavy (non-hydrogen) atoms. The van der Waals surface area contributed by atoms with Crippen LogP contribution in [0.3, 0.4) is 0 Å². The second-order valence-electron chi connectivity index (χ2n) is 3.67. The summed E-state index contributed by atoms with van der Waals surface area (Å²) in [5.74, 6) is -0.120. The monoisotopic (exact) mass is 211 g/mol. The van der Waals surface area contributed by atoms with Crippen molar-refractivity contribution in [3.05, 3.63) is 11.4 Å². The number of hydrogen-bond acceptors (Lipinski definition) is 4. The first-order valence-electron chi connectivity index (χ1n) is 4.68. The molecule has 0 saturated carbocycles. The molecule has 84 valence electrons. The quantitative estimate of drug-likeness (QED) is 0.671. The predicted molar refractivity (Wildman–Crippen MR) is 57.9 cm³/mol. The Bertz CT molecular complexity index is 369. The summed E-state index contributed by atoms with van der Waals surface area (Å²) in [5.41, 5.74) is 10.6. The molecule has 0 aliphatic rings. The zero-order valence-electron chi connectivity index (χ0n) is 9.53. The van der Waals surface area contributed by atoms with Crippen molar-refractivity contribution in [1.82, 2.24) is 20.2 Å². The lowest BCUT2D eigenvalue weighted by molar-refractivity contribution is -0.125. The molecule has 0 bridgehead atoms. The topological polar surface area (TPSA) is 76.2 Å². The fourth-order valence-corrected chi connectivity index (χ4v) is 1.29. The fourth-order valence-electron chi connectivity index (χ4n) is 1.29. The third kappa shape index (κ3) is 2.69. The lowest BCUT2D eigenvalue weighted by atomic mass is 10.3. The molecule has 6 heteroatoms. The van der Waals surface area contributed by atoms with E-state index < -0.39 is 0 Å². The number of carbonyl (C=O) groups excluding carboxylic acids is 1. The van der Waals surface area contributed by atoms with E-state index in [0.717, 1.165) is 11.4 Å². The van der Waals surface area contributed by atoms with Crippen LogP contribution < -0.4 is 11.2 Å². The van der Waals surface area contributed by atoms with Crippen LogP contribution >= 0.6 is 0 Å². The summed E-state index contributed by atoms with van der Waals surface area (Å²) in [6, 6.07) is 0. The number of aryl methyl sites for hydroxylation is 1.